The van der Waals surface area contributed by atoms with Gasteiger partial charge in [-0.3, -0.25) is 14.6 Å². The summed E-state index contributed by atoms with van der Waals surface area (Å²) < 4.78 is 0. The summed E-state index contributed by atoms with van der Waals surface area (Å²) in [6.07, 6.45) is 5.40. The van der Waals surface area contributed by atoms with E-state index in [-0.39, 0.29) is 12.1 Å². The van der Waals surface area contributed by atoms with Gasteiger partial charge in [-0.25, -0.2) is 5.01 Å². The van der Waals surface area contributed by atoms with E-state index in [0.29, 0.717) is 12.1 Å². The van der Waals surface area contributed by atoms with Gasteiger partial charge < -0.3 is 0 Å². The van der Waals surface area contributed by atoms with Crippen LogP contribution in [0.2, 0.25) is 0 Å². The van der Waals surface area contributed by atoms with E-state index in [1.807, 2.05) is 0 Å². The Morgan fingerprint density at radius 3 is 2.37 bits per heavy atom. The first-order valence-corrected chi connectivity index (χ1v) is 10.4. The highest BCUT2D eigenvalue weighted by atomic mass is 16.1. The summed E-state index contributed by atoms with van der Waals surface area (Å²) in [5.41, 5.74) is 2.42. The molecule has 27 heavy (non-hydrogen) atoms. The van der Waals surface area contributed by atoms with Crippen molar-refractivity contribution in [3.05, 3.63) is 35.9 Å². The third-order valence-corrected chi connectivity index (χ3v) is 6.24. The molecule has 1 amide bonds. The smallest absolute Gasteiger partial charge is 0.231 e. The van der Waals surface area contributed by atoms with E-state index < -0.39 is 0 Å². The molecule has 4 atom stereocenters. The van der Waals surface area contributed by atoms with Crippen LogP contribution in [0, 0.1) is 0 Å². The quantitative estimate of drug-likeness (QED) is 0.544. The van der Waals surface area contributed by atoms with E-state index in [9.17, 15) is 4.79 Å². The molecule has 5 nitrogen and oxygen atoms in total. The Labute approximate surface area is 164 Å². The topological polar surface area (TPSA) is 39.2 Å². The zero-order valence-corrected chi connectivity index (χ0v) is 17.2. The molecule has 3 rings (SSSR count). The van der Waals surface area contributed by atoms with E-state index in [4.69, 9.17) is 5.10 Å². The van der Waals surface area contributed by atoms with Crippen molar-refractivity contribution >= 4 is 12.1 Å². The van der Waals surface area contributed by atoms with Crippen molar-refractivity contribution in [2.24, 2.45) is 5.10 Å². The molecule has 2 heterocycles. The third kappa shape index (κ3) is 4.25. The minimum Gasteiger partial charge on any atom is -0.298 e. The summed E-state index contributed by atoms with van der Waals surface area (Å²) in [6.45, 7) is 8.67. The first-order chi connectivity index (χ1) is 13.1. The third-order valence-electron chi connectivity index (χ3n) is 6.24. The normalized spacial score (nSPS) is 29.8. The average Bonchev–Trinajstić information content (AvgIpc) is 3.05. The van der Waals surface area contributed by atoms with Gasteiger partial charge in [0, 0.05) is 30.9 Å². The number of hydrazone groups is 1. The molecule has 1 aromatic carbocycles. The fraction of sp³-hybridized carbons (Fsp3) is 0.636. The monoisotopic (exact) mass is 370 g/mol. The number of amides is 1. The molecule has 2 aliphatic heterocycles. The number of nitrogens with zero attached hydrogens (tertiary/aromatic N) is 4. The van der Waals surface area contributed by atoms with Crippen LogP contribution >= 0.6 is 0 Å². The van der Waals surface area contributed by atoms with E-state index in [1.165, 1.54) is 18.4 Å². The van der Waals surface area contributed by atoms with E-state index in [0.717, 1.165) is 38.1 Å². The van der Waals surface area contributed by atoms with Crippen molar-refractivity contribution in [1.82, 2.24) is 14.8 Å². The Hall–Kier alpha value is -1.72. The van der Waals surface area contributed by atoms with Gasteiger partial charge in [-0.2, -0.15) is 5.10 Å². The molecule has 0 bridgehead atoms. The number of carbonyl (C=O) groups excluding carboxylic acids is 1. The number of rotatable bonds is 7. The van der Waals surface area contributed by atoms with Crippen molar-refractivity contribution in [2.45, 2.75) is 70.6 Å². The molecular weight excluding hydrogens is 336 g/mol. The number of likely N-dealkylation sites (N-methyl/N-ethyl adjacent to an activating group) is 1. The van der Waals surface area contributed by atoms with Crippen LogP contribution in [0.5, 0.6) is 0 Å². The lowest BCUT2D eigenvalue weighted by atomic mass is 9.88. The zero-order valence-electron chi connectivity index (χ0n) is 17.2. The van der Waals surface area contributed by atoms with Gasteiger partial charge in [0.05, 0.1) is 5.92 Å². The maximum Gasteiger partial charge on any atom is 0.231 e. The lowest BCUT2D eigenvalue weighted by Crippen LogP contribution is -2.60. The van der Waals surface area contributed by atoms with Crippen LogP contribution in [0.15, 0.2) is 35.4 Å². The molecule has 2 aliphatic rings. The molecule has 1 saturated heterocycles. The van der Waals surface area contributed by atoms with Crippen LogP contribution in [0.25, 0.3) is 0 Å². The highest BCUT2D eigenvalue weighted by Crippen LogP contribution is 2.36. The average molecular weight is 371 g/mol. The van der Waals surface area contributed by atoms with Crippen LogP contribution in [0.4, 0.5) is 0 Å². The van der Waals surface area contributed by atoms with Crippen LogP contribution in [-0.4, -0.2) is 65.3 Å². The standard InChI is InChI=1S/C22H34N4O/c1-5-6-8-13-20-21(19-11-9-7-10-12-19)22(26(16-27)23-20)25-14-17(2)24(4)18(3)15-25/h7,9-12,16-18,21-22H,5-6,8,13-15H2,1-4H3/t17-,18+,21?,22?. The molecular formula is C22H34N4O. The van der Waals surface area contributed by atoms with Crippen molar-refractivity contribution in [3.63, 3.8) is 0 Å². The highest BCUT2D eigenvalue weighted by molar-refractivity contribution is 5.94. The first-order valence-electron chi connectivity index (χ1n) is 10.4. The number of hydrogen-bond donors (Lipinski definition) is 0. The van der Waals surface area contributed by atoms with Crippen LogP contribution < -0.4 is 0 Å². The van der Waals surface area contributed by atoms with Gasteiger partial charge in [0.15, 0.2) is 0 Å². The summed E-state index contributed by atoms with van der Waals surface area (Å²) >= 11 is 0. The number of hydrogen-bond acceptors (Lipinski definition) is 4. The van der Waals surface area contributed by atoms with Crippen LogP contribution in [0.1, 0.15) is 57.9 Å². The summed E-state index contributed by atoms with van der Waals surface area (Å²) in [5.74, 6) is 0.163. The summed E-state index contributed by atoms with van der Waals surface area (Å²) in [7, 11) is 2.19. The molecule has 0 radical (unpaired) electrons. The summed E-state index contributed by atoms with van der Waals surface area (Å²) in [5, 5.41) is 6.47. The largest absolute Gasteiger partial charge is 0.298 e. The molecule has 5 heteroatoms. The lowest BCUT2D eigenvalue weighted by Gasteiger charge is -2.46. The van der Waals surface area contributed by atoms with Gasteiger partial charge in [-0.1, -0.05) is 50.1 Å². The number of carbonyl (C=O) groups is 1. The Morgan fingerprint density at radius 1 is 1.11 bits per heavy atom. The molecule has 0 aromatic heterocycles. The molecule has 1 aromatic rings. The zero-order chi connectivity index (χ0) is 19.4. The lowest BCUT2D eigenvalue weighted by molar-refractivity contribution is -0.125. The SMILES string of the molecule is CCCCCC1=NN(C=O)C(N2C[C@@H](C)N(C)[C@@H](C)C2)C1c1ccccc1. The first kappa shape index (κ1) is 20.0. The Balaban J connectivity index is 1.91. The predicted octanol–water partition coefficient (Wildman–Crippen LogP) is 3.53. The fourth-order valence-corrected chi connectivity index (χ4v) is 4.51. The maximum absolute atomic E-state index is 11.9. The number of unbranched alkanes of at least 4 members (excludes halogenated alkanes) is 2. The van der Waals surface area contributed by atoms with Gasteiger partial charge in [0.1, 0.15) is 6.17 Å². The van der Waals surface area contributed by atoms with Crippen molar-refractivity contribution < 1.29 is 4.79 Å². The van der Waals surface area contributed by atoms with Gasteiger partial charge in [-0.05, 0) is 39.3 Å². The summed E-state index contributed by atoms with van der Waals surface area (Å²) in [4.78, 5) is 16.8. The molecule has 0 aliphatic carbocycles. The molecule has 2 unspecified atom stereocenters. The second-order valence-electron chi connectivity index (χ2n) is 8.15. The van der Waals surface area contributed by atoms with Crippen LogP contribution in [0.3, 0.4) is 0 Å². The molecule has 1 fully saturated rings. The highest BCUT2D eigenvalue weighted by Gasteiger charge is 2.44. The molecule has 0 N–H and O–H groups in total. The molecule has 148 valence electrons. The van der Waals surface area contributed by atoms with Crippen LogP contribution in [-0.2, 0) is 4.79 Å². The van der Waals surface area contributed by atoms with Crippen molar-refractivity contribution in [1.29, 1.82) is 0 Å². The van der Waals surface area contributed by atoms with E-state index in [1.54, 1.807) is 5.01 Å². The molecule has 0 saturated carbocycles. The van der Waals surface area contributed by atoms with Gasteiger partial charge in [-0.15, -0.1) is 0 Å². The Morgan fingerprint density at radius 2 is 1.78 bits per heavy atom. The van der Waals surface area contributed by atoms with Crippen molar-refractivity contribution in [3.8, 4) is 0 Å². The number of benzene rings is 1. The van der Waals surface area contributed by atoms with Crippen molar-refractivity contribution in [2.75, 3.05) is 20.1 Å². The van der Waals surface area contributed by atoms with Gasteiger partial charge in [0.25, 0.3) is 0 Å². The minimum atomic E-state index is -0.0138. The van der Waals surface area contributed by atoms with Gasteiger partial charge in [0.2, 0.25) is 6.41 Å². The Kier molecular flexibility index (Phi) is 6.66. The second-order valence-corrected chi connectivity index (χ2v) is 8.15. The predicted molar refractivity (Wildman–Crippen MR) is 111 cm³/mol. The van der Waals surface area contributed by atoms with Gasteiger partial charge >= 0.3 is 0 Å². The van der Waals surface area contributed by atoms with E-state index >= 15 is 0 Å². The Bertz CT molecular complexity index is 635. The minimum absolute atomic E-state index is 0.0138. The van der Waals surface area contributed by atoms with E-state index in [2.05, 4.69) is 68.0 Å². The maximum atomic E-state index is 11.9. The molecule has 0 spiro atoms. The second kappa shape index (κ2) is 8.98. The fourth-order valence-electron chi connectivity index (χ4n) is 4.51. The number of piperazine rings is 1. The summed E-state index contributed by atoms with van der Waals surface area (Å²) in [6, 6.07) is 11.5.